The summed E-state index contributed by atoms with van der Waals surface area (Å²) < 4.78 is 0. The molecule has 0 aliphatic carbocycles. The average molecular weight is 274 g/mol. The standard InChI is InChI=1S/C15H18N2OS/c1-3-10(2)19-14-9-8-13(15(16)17-18)11-6-4-5-7-12(11)14/h4-10,18H,3H2,1-2H3,(H2,16,17). The highest BCUT2D eigenvalue weighted by molar-refractivity contribution is 8.00. The van der Waals surface area contributed by atoms with Gasteiger partial charge < -0.3 is 10.9 Å². The molecule has 0 fully saturated rings. The summed E-state index contributed by atoms with van der Waals surface area (Å²) in [6.07, 6.45) is 1.13. The van der Waals surface area contributed by atoms with Gasteiger partial charge in [0.1, 0.15) is 0 Å². The number of benzene rings is 2. The third-order valence-corrected chi connectivity index (χ3v) is 4.52. The summed E-state index contributed by atoms with van der Waals surface area (Å²) in [4.78, 5) is 1.24. The largest absolute Gasteiger partial charge is 0.409 e. The molecule has 0 spiro atoms. The Balaban J connectivity index is 2.58. The zero-order valence-corrected chi connectivity index (χ0v) is 11.9. The average Bonchev–Trinajstić information content (AvgIpc) is 2.46. The maximum Gasteiger partial charge on any atom is 0.170 e. The Labute approximate surface area is 117 Å². The number of rotatable bonds is 4. The first-order chi connectivity index (χ1) is 9.17. The molecule has 0 aliphatic rings. The lowest BCUT2D eigenvalue weighted by atomic mass is 10.0. The van der Waals surface area contributed by atoms with Crippen LogP contribution in [0.5, 0.6) is 0 Å². The fourth-order valence-electron chi connectivity index (χ4n) is 1.95. The van der Waals surface area contributed by atoms with Crippen molar-refractivity contribution in [2.45, 2.75) is 30.4 Å². The van der Waals surface area contributed by atoms with Crippen molar-refractivity contribution >= 4 is 28.4 Å². The van der Waals surface area contributed by atoms with Crippen molar-refractivity contribution in [3.05, 3.63) is 42.0 Å². The fraction of sp³-hybridized carbons (Fsp3) is 0.267. The third kappa shape index (κ3) is 2.84. The van der Waals surface area contributed by atoms with Gasteiger partial charge in [0.15, 0.2) is 5.84 Å². The van der Waals surface area contributed by atoms with E-state index in [4.69, 9.17) is 10.9 Å². The van der Waals surface area contributed by atoms with Crippen LogP contribution in [-0.2, 0) is 0 Å². The molecule has 100 valence electrons. The van der Waals surface area contributed by atoms with Gasteiger partial charge in [-0.3, -0.25) is 0 Å². The molecule has 2 aromatic rings. The molecule has 0 radical (unpaired) electrons. The van der Waals surface area contributed by atoms with E-state index in [0.29, 0.717) is 5.25 Å². The molecular weight excluding hydrogens is 256 g/mol. The number of thioether (sulfide) groups is 1. The molecule has 0 bridgehead atoms. The minimum Gasteiger partial charge on any atom is -0.409 e. The molecule has 1 unspecified atom stereocenters. The molecule has 0 aliphatic heterocycles. The van der Waals surface area contributed by atoms with Crippen molar-refractivity contribution in [3.8, 4) is 0 Å². The van der Waals surface area contributed by atoms with Gasteiger partial charge in [-0.25, -0.2) is 0 Å². The van der Waals surface area contributed by atoms with Crippen molar-refractivity contribution < 1.29 is 5.21 Å². The van der Waals surface area contributed by atoms with E-state index in [1.165, 1.54) is 4.90 Å². The Morgan fingerprint density at radius 1 is 1.26 bits per heavy atom. The lowest BCUT2D eigenvalue weighted by Gasteiger charge is -2.13. The smallest absolute Gasteiger partial charge is 0.170 e. The van der Waals surface area contributed by atoms with Crippen LogP contribution in [0.15, 0.2) is 46.4 Å². The molecular formula is C15H18N2OS. The second-order valence-corrected chi connectivity index (χ2v) is 5.96. The summed E-state index contributed by atoms with van der Waals surface area (Å²) in [5, 5.41) is 14.7. The van der Waals surface area contributed by atoms with Gasteiger partial charge >= 0.3 is 0 Å². The van der Waals surface area contributed by atoms with Gasteiger partial charge in [-0.1, -0.05) is 43.3 Å². The number of nitrogens with two attached hydrogens (primary N) is 1. The highest BCUT2D eigenvalue weighted by Crippen LogP contribution is 2.33. The molecule has 3 N–H and O–H groups in total. The van der Waals surface area contributed by atoms with E-state index >= 15 is 0 Å². The molecule has 2 rings (SSSR count). The highest BCUT2D eigenvalue weighted by atomic mass is 32.2. The Hall–Kier alpha value is -1.68. The lowest BCUT2D eigenvalue weighted by Crippen LogP contribution is -2.13. The summed E-state index contributed by atoms with van der Waals surface area (Å²) in [6, 6.07) is 12.0. The summed E-state index contributed by atoms with van der Waals surface area (Å²) in [5.74, 6) is 0.149. The van der Waals surface area contributed by atoms with Crippen molar-refractivity contribution in [2.75, 3.05) is 0 Å². The Morgan fingerprint density at radius 3 is 2.58 bits per heavy atom. The molecule has 1 atom stereocenters. The van der Waals surface area contributed by atoms with Crippen LogP contribution >= 0.6 is 11.8 Å². The van der Waals surface area contributed by atoms with Gasteiger partial charge in [0.2, 0.25) is 0 Å². The predicted molar refractivity (Wildman–Crippen MR) is 82.1 cm³/mol. The first-order valence-electron chi connectivity index (χ1n) is 6.33. The van der Waals surface area contributed by atoms with Crippen LogP contribution < -0.4 is 5.73 Å². The molecule has 4 heteroatoms. The van der Waals surface area contributed by atoms with Crippen LogP contribution in [0.3, 0.4) is 0 Å². The summed E-state index contributed by atoms with van der Waals surface area (Å²) in [5.41, 5.74) is 6.50. The molecule has 0 saturated heterocycles. The molecule has 0 aromatic heterocycles. The topological polar surface area (TPSA) is 58.6 Å². The second kappa shape index (κ2) is 5.97. The van der Waals surface area contributed by atoms with Gasteiger partial charge in [-0.2, -0.15) is 0 Å². The Kier molecular flexibility index (Phi) is 4.32. The second-order valence-electron chi connectivity index (χ2n) is 4.48. The quantitative estimate of drug-likeness (QED) is 0.293. The van der Waals surface area contributed by atoms with E-state index in [2.05, 4.69) is 25.1 Å². The fourth-order valence-corrected chi connectivity index (χ4v) is 3.00. The van der Waals surface area contributed by atoms with Gasteiger partial charge in [0.25, 0.3) is 0 Å². The minimum atomic E-state index is 0.149. The van der Waals surface area contributed by atoms with E-state index < -0.39 is 0 Å². The van der Waals surface area contributed by atoms with Crippen molar-refractivity contribution in [1.29, 1.82) is 0 Å². The van der Waals surface area contributed by atoms with Crippen LogP contribution in [0.2, 0.25) is 0 Å². The van der Waals surface area contributed by atoms with Gasteiger partial charge in [-0.05, 0) is 29.3 Å². The first-order valence-corrected chi connectivity index (χ1v) is 7.21. The van der Waals surface area contributed by atoms with E-state index in [-0.39, 0.29) is 5.84 Å². The number of oxime groups is 1. The SMILES string of the molecule is CCC(C)Sc1ccc(/C(N)=N/O)c2ccccc12. The minimum absolute atomic E-state index is 0.149. The van der Waals surface area contributed by atoms with E-state index in [9.17, 15) is 0 Å². The van der Waals surface area contributed by atoms with E-state index in [0.717, 1.165) is 22.8 Å². The van der Waals surface area contributed by atoms with Crippen LogP contribution in [0.25, 0.3) is 10.8 Å². The molecule has 19 heavy (non-hydrogen) atoms. The molecule has 0 amide bonds. The Bertz CT molecular complexity index is 610. The van der Waals surface area contributed by atoms with E-state index in [1.54, 1.807) is 0 Å². The lowest BCUT2D eigenvalue weighted by molar-refractivity contribution is 0.318. The summed E-state index contributed by atoms with van der Waals surface area (Å²) in [7, 11) is 0. The van der Waals surface area contributed by atoms with Crippen LogP contribution in [-0.4, -0.2) is 16.3 Å². The zero-order valence-electron chi connectivity index (χ0n) is 11.1. The predicted octanol–water partition coefficient (Wildman–Crippen LogP) is 3.82. The first kappa shape index (κ1) is 13.7. The molecule has 0 saturated carbocycles. The van der Waals surface area contributed by atoms with Crippen molar-refractivity contribution in [1.82, 2.24) is 0 Å². The van der Waals surface area contributed by atoms with Gasteiger partial charge in [-0.15, -0.1) is 11.8 Å². The normalized spacial score (nSPS) is 13.7. The van der Waals surface area contributed by atoms with Gasteiger partial charge in [0.05, 0.1) is 0 Å². The van der Waals surface area contributed by atoms with Crippen LogP contribution in [0.4, 0.5) is 0 Å². The van der Waals surface area contributed by atoms with Crippen molar-refractivity contribution in [3.63, 3.8) is 0 Å². The zero-order chi connectivity index (χ0) is 13.8. The van der Waals surface area contributed by atoms with Crippen molar-refractivity contribution in [2.24, 2.45) is 10.9 Å². The van der Waals surface area contributed by atoms with Gasteiger partial charge in [0, 0.05) is 15.7 Å². The maximum absolute atomic E-state index is 8.86. The molecule has 2 aromatic carbocycles. The van der Waals surface area contributed by atoms with Crippen LogP contribution in [0, 0.1) is 0 Å². The van der Waals surface area contributed by atoms with Crippen LogP contribution in [0.1, 0.15) is 25.8 Å². The number of fused-ring (bicyclic) bond motifs is 1. The number of hydrogen-bond acceptors (Lipinski definition) is 3. The maximum atomic E-state index is 8.86. The monoisotopic (exact) mass is 274 g/mol. The molecule has 3 nitrogen and oxygen atoms in total. The van der Waals surface area contributed by atoms with E-state index in [1.807, 2.05) is 42.1 Å². The third-order valence-electron chi connectivity index (χ3n) is 3.17. The Morgan fingerprint density at radius 2 is 1.95 bits per heavy atom. The number of nitrogens with zero attached hydrogens (tertiary/aromatic N) is 1. The summed E-state index contributed by atoms with van der Waals surface area (Å²) in [6.45, 7) is 4.40. The number of hydrogen-bond donors (Lipinski definition) is 2. The highest BCUT2D eigenvalue weighted by Gasteiger charge is 2.11. The summed E-state index contributed by atoms with van der Waals surface area (Å²) >= 11 is 1.86. The number of amidine groups is 1. The molecule has 0 heterocycles.